The van der Waals surface area contributed by atoms with Gasteiger partial charge in [-0.2, -0.15) is 0 Å². The molecule has 0 atom stereocenters. The summed E-state index contributed by atoms with van der Waals surface area (Å²) in [5, 5.41) is 0.401. The number of aromatic nitrogens is 1. The molecule has 0 saturated heterocycles. The second-order valence-corrected chi connectivity index (χ2v) is 3.40. The zero-order valence-corrected chi connectivity index (χ0v) is 7.87. The van der Waals surface area contributed by atoms with Crippen LogP contribution >= 0.6 is 39.6 Å². The van der Waals surface area contributed by atoms with E-state index in [1.165, 1.54) is 6.20 Å². The summed E-state index contributed by atoms with van der Waals surface area (Å²) < 4.78 is 9.25. The van der Waals surface area contributed by atoms with Crippen molar-refractivity contribution in [3.8, 4) is 0 Å². The Balaban J connectivity index is 3.04. The van der Waals surface area contributed by atoms with Crippen molar-refractivity contribution >= 4 is 39.6 Å². The van der Waals surface area contributed by atoms with E-state index < -0.39 is 0 Å². The lowest BCUT2D eigenvalue weighted by Gasteiger charge is -1.95. The monoisotopic (exact) mass is 239 g/mol. The van der Waals surface area contributed by atoms with Crippen LogP contribution in [0.25, 0.3) is 0 Å². The molecule has 0 aliphatic rings. The topological polar surface area (TPSA) is 33.1 Å². The van der Waals surface area contributed by atoms with E-state index in [1.54, 1.807) is 6.07 Å². The average molecular weight is 241 g/mol. The highest BCUT2D eigenvalue weighted by Gasteiger charge is 1.98. The van der Waals surface area contributed by atoms with Crippen LogP contribution in [0.1, 0.15) is 0 Å². The van der Waals surface area contributed by atoms with E-state index in [1.807, 2.05) is 0 Å². The number of nitrogens with zero attached hydrogens (tertiary/aromatic N) is 1. The van der Waals surface area contributed by atoms with Gasteiger partial charge < -0.3 is 4.55 Å². The molecule has 0 amide bonds. The van der Waals surface area contributed by atoms with E-state index in [0.717, 1.165) is 0 Å². The minimum Gasteiger partial charge on any atom is -0.325 e. The van der Waals surface area contributed by atoms with Gasteiger partial charge in [0.1, 0.15) is 5.15 Å². The fraction of sp³-hybridized carbons (Fsp3) is 0. The number of hydrogen-bond acceptors (Lipinski definition) is 3. The predicted octanol–water partition coefficient (Wildman–Crippen LogP) is 3.06. The van der Waals surface area contributed by atoms with Gasteiger partial charge in [-0.05, 0) is 22.0 Å². The van der Waals surface area contributed by atoms with Crippen LogP contribution in [0.3, 0.4) is 0 Å². The Hall–Kier alpha value is 0.230. The zero-order valence-electron chi connectivity index (χ0n) is 4.71. The molecule has 54 valence electrons. The molecular weight excluding hydrogens is 237 g/mol. The maximum Gasteiger partial charge on any atom is 0.143 e. The Kier molecular flexibility index (Phi) is 2.97. The van der Waals surface area contributed by atoms with Crippen molar-refractivity contribution in [1.29, 1.82) is 0 Å². The van der Waals surface area contributed by atoms with Gasteiger partial charge in [0.25, 0.3) is 0 Å². The van der Waals surface area contributed by atoms with Crippen molar-refractivity contribution in [2.24, 2.45) is 0 Å². The molecular formula is C5H3BrClNOS. The van der Waals surface area contributed by atoms with Gasteiger partial charge in [-0.3, -0.25) is 0 Å². The molecule has 0 aliphatic heterocycles. The van der Waals surface area contributed by atoms with Gasteiger partial charge >= 0.3 is 0 Å². The lowest BCUT2D eigenvalue weighted by Crippen LogP contribution is -1.77. The van der Waals surface area contributed by atoms with Crippen molar-refractivity contribution in [3.63, 3.8) is 0 Å². The summed E-state index contributed by atoms with van der Waals surface area (Å²) in [5.41, 5.74) is 0. The van der Waals surface area contributed by atoms with Crippen LogP contribution in [0.2, 0.25) is 5.15 Å². The smallest absolute Gasteiger partial charge is 0.143 e. The Bertz CT molecular complexity index is 245. The number of rotatable bonds is 1. The van der Waals surface area contributed by atoms with Gasteiger partial charge in [-0.1, -0.05) is 11.6 Å². The Morgan fingerprint density at radius 2 is 2.40 bits per heavy atom. The van der Waals surface area contributed by atoms with E-state index in [-0.39, 0.29) is 0 Å². The molecule has 0 radical (unpaired) electrons. The highest BCUT2D eigenvalue weighted by molar-refractivity contribution is 9.10. The van der Waals surface area contributed by atoms with E-state index in [9.17, 15) is 0 Å². The molecule has 1 aromatic rings. The Labute approximate surface area is 75.9 Å². The van der Waals surface area contributed by atoms with Crippen LogP contribution in [-0.4, -0.2) is 9.54 Å². The second kappa shape index (κ2) is 3.57. The summed E-state index contributed by atoms with van der Waals surface area (Å²) in [6, 6.07) is 1.69. The molecule has 1 aromatic heterocycles. The van der Waals surface area contributed by atoms with Crippen LogP contribution in [0, 0.1) is 0 Å². The molecule has 0 aliphatic carbocycles. The van der Waals surface area contributed by atoms with E-state index in [2.05, 4.69) is 20.9 Å². The highest BCUT2D eigenvalue weighted by Crippen LogP contribution is 2.24. The molecule has 0 aromatic carbocycles. The predicted molar refractivity (Wildman–Crippen MR) is 45.4 cm³/mol. The number of pyridine rings is 1. The van der Waals surface area contributed by atoms with Crippen LogP contribution in [0.4, 0.5) is 0 Å². The Morgan fingerprint density at radius 3 is 2.90 bits per heavy atom. The molecule has 1 heterocycles. The minimum absolute atomic E-state index is 0.401. The van der Waals surface area contributed by atoms with Crippen molar-refractivity contribution in [1.82, 2.24) is 4.98 Å². The summed E-state index contributed by atoms with van der Waals surface area (Å²) >= 11 is 9.40. The first-order valence-corrected chi connectivity index (χ1v) is 4.31. The van der Waals surface area contributed by atoms with Crippen LogP contribution in [0.5, 0.6) is 0 Å². The number of halogens is 2. The van der Waals surface area contributed by atoms with E-state index >= 15 is 0 Å². The molecule has 0 saturated carbocycles. The van der Waals surface area contributed by atoms with Gasteiger partial charge in [0.15, 0.2) is 0 Å². The molecule has 1 rings (SSSR count). The van der Waals surface area contributed by atoms with Gasteiger partial charge in [0.05, 0.1) is 9.37 Å². The van der Waals surface area contributed by atoms with Crippen LogP contribution in [0.15, 0.2) is 21.6 Å². The van der Waals surface area contributed by atoms with Gasteiger partial charge in [-0.25, -0.2) is 4.98 Å². The fourth-order valence-corrected chi connectivity index (χ4v) is 1.33. The first-order valence-electron chi connectivity index (χ1n) is 2.36. The SMILES string of the molecule is OSc1cnc(Cl)c(Br)c1. The maximum absolute atomic E-state index is 8.57. The summed E-state index contributed by atoms with van der Waals surface area (Å²) in [6.07, 6.45) is 1.50. The molecule has 5 heteroatoms. The third-order valence-corrected chi connectivity index (χ3v) is 2.44. The van der Waals surface area contributed by atoms with Crippen molar-refractivity contribution < 1.29 is 4.55 Å². The normalized spacial score (nSPS) is 9.90. The third-order valence-electron chi connectivity index (χ3n) is 0.877. The maximum atomic E-state index is 8.57. The van der Waals surface area contributed by atoms with Gasteiger partial charge in [0.2, 0.25) is 0 Å². The lowest BCUT2D eigenvalue weighted by atomic mass is 10.5. The van der Waals surface area contributed by atoms with Gasteiger partial charge in [-0.15, -0.1) is 0 Å². The van der Waals surface area contributed by atoms with E-state index in [0.29, 0.717) is 26.6 Å². The first-order chi connectivity index (χ1) is 4.74. The number of hydrogen-bond donors (Lipinski definition) is 1. The van der Waals surface area contributed by atoms with Crippen LogP contribution in [-0.2, 0) is 0 Å². The summed E-state index contributed by atoms with van der Waals surface area (Å²) in [5.74, 6) is 0. The molecule has 1 N–H and O–H groups in total. The van der Waals surface area contributed by atoms with Crippen molar-refractivity contribution in [2.75, 3.05) is 0 Å². The highest BCUT2D eigenvalue weighted by atomic mass is 79.9. The largest absolute Gasteiger partial charge is 0.325 e. The van der Waals surface area contributed by atoms with Crippen LogP contribution < -0.4 is 0 Å². The van der Waals surface area contributed by atoms with Gasteiger partial charge in [0, 0.05) is 18.2 Å². The molecule has 0 spiro atoms. The van der Waals surface area contributed by atoms with E-state index in [4.69, 9.17) is 16.2 Å². The standard InChI is InChI=1S/C5H3BrClNOS/c6-4-1-3(10-9)2-8-5(4)7/h1-2,9H. The third kappa shape index (κ3) is 1.85. The average Bonchev–Trinajstić information content (AvgIpc) is 1.95. The molecule has 10 heavy (non-hydrogen) atoms. The second-order valence-electron chi connectivity index (χ2n) is 1.53. The lowest BCUT2D eigenvalue weighted by molar-refractivity contribution is 0.663. The summed E-state index contributed by atoms with van der Waals surface area (Å²) in [6.45, 7) is 0. The zero-order chi connectivity index (χ0) is 7.56. The fourth-order valence-electron chi connectivity index (χ4n) is 0.454. The van der Waals surface area contributed by atoms with Crippen molar-refractivity contribution in [2.45, 2.75) is 4.90 Å². The summed E-state index contributed by atoms with van der Waals surface area (Å²) in [7, 11) is 0. The molecule has 0 bridgehead atoms. The Morgan fingerprint density at radius 1 is 1.70 bits per heavy atom. The molecule has 2 nitrogen and oxygen atoms in total. The summed E-state index contributed by atoms with van der Waals surface area (Å²) in [4.78, 5) is 4.45. The van der Waals surface area contributed by atoms with Crippen molar-refractivity contribution in [3.05, 3.63) is 21.9 Å². The minimum atomic E-state index is 0.401. The quantitative estimate of drug-likeness (QED) is 0.605. The molecule has 0 unspecified atom stereocenters. The molecule has 0 fully saturated rings. The first kappa shape index (κ1) is 8.33.